The molecule has 0 saturated heterocycles. The van der Waals surface area contributed by atoms with E-state index in [0.29, 0.717) is 6.04 Å². The minimum absolute atomic E-state index is 0.345. The van der Waals surface area contributed by atoms with Crippen LogP contribution in [0.5, 0.6) is 0 Å². The molecule has 0 bridgehead atoms. The van der Waals surface area contributed by atoms with Gasteiger partial charge in [0.05, 0.1) is 17.6 Å². The van der Waals surface area contributed by atoms with Crippen LogP contribution in [-0.4, -0.2) is 26.1 Å². The number of hydrogen-bond acceptors (Lipinski definition) is 3. The summed E-state index contributed by atoms with van der Waals surface area (Å²) < 4.78 is 3.87. The highest BCUT2D eigenvalue weighted by Gasteiger charge is 2.16. The second-order valence-corrected chi connectivity index (χ2v) is 5.21. The van der Waals surface area contributed by atoms with Gasteiger partial charge in [0.25, 0.3) is 0 Å². The topological polar surface area (TPSA) is 47.7 Å². The molecule has 2 aromatic rings. The van der Waals surface area contributed by atoms with Crippen molar-refractivity contribution in [2.45, 2.75) is 39.2 Å². The van der Waals surface area contributed by atoms with E-state index in [9.17, 15) is 0 Å². The van der Waals surface area contributed by atoms with Crippen LogP contribution in [0.1, 0.15) is 43.3 Å². The zero-order valence-electron chi connectivity index (χ0n) is 12.9. The molecular formula is C15H25N5. The van der Waals surface area contributed by atoms with E-state index in [1.165, 1.54) is 11.3 Å². The number of aryl methyl sites for hydroxylation is 4. The molecule has 5 heteroatoms. The van der Waals surface area contributed by atoms with E-state index >= 15 is 0 Å². The molecule has 0 radical (unpaired) electrons. The van der Waals surface area contributed by atoms with Gasteiger partial charge >= 0.3 is 0 Å². The summed E-state index contributed by atoms with van der Waals surface area (Å²) in [5, 5.41) is 12.3. The van der Waals surface area contributed by atoms with E-state index in [-0.39, 0.29) is 0 Å². The Hall–Kier alpha value is -1.62. The quantitative estimate of drug-likeness (QED) is 0.841. The van der Waals surface area contributed by atoms with Gasteiger partial charge in [-0.2, -0.15) is 10.2 Å². The molecule has 1 atom stereocenters. The van der Waals surface area contributed by atoms with E-state index in [2.05, 4.69) is 41.6 Å². The summed E-state index contributed by atoms with van der Waals surface area (Å²) in [4.78, 5) is 0. The van der Waals surface area contributed by atoms with E-state index < -0.39 is 0 Å². The molecule has 2 heterocycles. The molecule has 0 aliphatic heterocycles. The Morgan fingerprint density at radius 2 is 2.10 bits per heavy atom. The van der Waals surface area contributed by atoms with Crippen molar-refractivity contribution in [3.8, 4) is 0 Å². The van der Waals surface area contributed by atoms with Crippen molar-refractivity contribution in [3.63, 3.8) is 0 Å². The number of aromatic nitrogens is 4. The molecule has 0 amide bonds. The summed E-state index contributed by atoms with van der Waals surface area (Å²) in [6.07, 6.45) is 7.10. The Labute approximate surface area is 121 Å². The van der Waals surface area contributed by atoms with Crippen molar-refractivity contribution in [1.82, 2.24) is 24.9 Å². The number of nitrogens with one attached hydrogen (secondary N) is 1. The fourth-order valence-corrected chi connectivity index (χ4v) is 2.56. The second kappa shape index (κ2) is 6.70. The predicted octanol–water partition coefficient (Wildman–Crippen LogP) is 2.00. The van der Waals surface area contributed by atoms with Gasteiger partial charge in [-0.15, -0.1) is 0 Å². The average Bonchev–Trinajstić information content (AvgIpc) is 3.01. The molecule has 5 nitrogen and oxygen atoms in total. The largest absolute Gasteiger partial charge is 0.309 e. The van der Waals surface area contributed by atoms with Crippen LogP contribution in [0.2, 0.25) is 0 Å². The maximum atomic E-state index is 4.55. The van der Waals surface area contributed by atoms with Crippen molar-refractivity contribution in [2.24, 2.45) is 14.1 Å². The fourth-order valence-electron chi connectivity index (χ4n) is 2.56. The molecule has 0 aliphatic rings. The molecule has 0 aromatic carbocycles. The minimum Gasteiger partial charge on any atom is -0.309 e. The predicted molar refractivity (Wildman–Crippen MR) is 80.5 cm³/mol. The second-order valence-electron chi connectivity index (χ2n) is 5.21. The lowest BCUT2D eigenvalue weighted by atomic mass is 10.0. The van der Waals surface area contributed by atoms with E-state index in [1.54, 1.807) is 0 Å². The molecule has 20 heavy (non-hydrogen) atoms. The van der Waals surface area contributed by atoms with Crippen molar-refractivity contribution < 1.29 is 0 Å². The summed E-state index contributed by atoms with van der Waals surface area (Å²) in [5.41, 5.74) is 3.72. The van der Waals surface area contributed by atoms with Gasteiger partial charge in [-0.3, -0.25) is 9.36 Å². The lowest BCUT2D eigenvalue weighted by Gasteiger charge is -2.17. The highest BCUT2D eigenvalue weighted by atomic mass is 15.3. The summed E-state index contributed by atoms with van der Waals surface area (Å²) in [6, 6.07) is 2.56. The van der Waals surface area contributed by atoms with E-state index in [4.69, 9.17) is 0 Å². The van der Waals surface area contributed by atoms with Crippen molar-refractivity contribution >= 4 is 0 Å². The molecule has 0 fully saturated rings. The van der Waals surface area contributed by atoms with Gasteiger partial charge in [0.1, 0.15) is 0 Å². The fraction of sp³-hybridized carbons (Fsp3) is 0.600. The minimum atomic E-state index is 0.345. The molecule has 0 saturated carbocycles. The zero-order valence-corrected chi connectivity index (χ0v) is 12.9. The van der Waals surface area contributed by atoms with Crippen LogP contribution >= 0.6 is 0 Å². The van der Waals surface area contributed by atoms with Gasteiger partial charge in [0.2, 0.25) is 0 Å². The third kappa shape index (κ3) is 3.48. The first-order valence-electron chi connectivity index (χ1n) is 7.37. The molecule has 0 aliphatic carbocycles. The van der Waals surface area contributed by atoms with E-state index in [0.717, 1.165) is 31.5 Å². The molecule has 1 unspecified atom stereocenters. The Bertz CT molecular complexity index is 540. The maximum Gasteiger partial charge on any atom is 0.0625 e. The highest BCUT2D eigenvalue weighted by molar-refractivity contribution is 5.15. The summed E-state index contributed by atoms with van der Waals surface area (Å²) in [7, 11) is 3.99. The van der Waals surface area contributed by atoms with Gasteiger partial charge in [-0.05, 0) is 37.4 Å². The van der Waals surface area contributed by atoms with Gasteiger partial charge in [0, 0.05) is 26.3 Å². The molecule has 2 rings (SSSR count). The first kappa shape index (κ1) is 14.8. The lowest BCUT2D eigenvalue weighted by molar-refractivity contribution is 0.480. The Morgan fingerprint density at radius 3 is 2.65 bits per heavy atom. The van der Waals surface area contributed by atoms with Crippen LogP contribution in [-0.2, 0) is 26.9 Å². The van der Waals surface area contributed by atoms with Gasteiger partial charge in [-0.25, -0.2) is 0 Å². The van der Waals surface area contributed by atoms with Gasteiger partial charge in [-0.1, -0.05) is 13.8 Å². The third-order valence-electron chi connectivity index (χ3n) is 3.62. The molecule has 0 spiro atoms. The SMILES string of the molecule is CCNC(CCc1cnn(C)c1)c1cc(CC)nn1C. The zero-order chi connectivity index (χ0) is 14.5. The number of nitrogens with zero attached hydrogens (tertiary/aromatic N) is 4. The normalized spacial score (nSPS) is 12.8. The number of rotatable bonds is 7. The third-order valence-corrected chi connectivity index (χ3v) is 3.62. The molecule has 2 aromatic heterocycles. The average molecular weight is 275 g/mol. The molecular weight excluding hydrogens is 250 g/mol. The molecule has 110 valence electrons. The molecule has 1 N–H and O–H groups in total. The van der Waals surface area contributed by atoms with Crippen LogP contribution in [0.25, 0.3) is 0 Å². The van der Waals surface area contributed by atoms with Gasteiger partial charge < -0.3 is 5.32 Å². The van der Waals surface area contributed by atoms with Crippen molar-refractivity contribution in [3.05, 3.63) is 35.4 Å². The maximum absolute atomic E-state index is 4.55. The Morgan fingerprint density at radius 1 is 1.30 bits per heavy atom. The first-order valence-corrected chi connectivity index (χ1v) is 7.37. The Balaban J connectivity index is 2.07. The summed E-state index contributed by atoms with van der Waals surface area (Å²) >= 11 is 0. The summed E-state index contributed by atoms with van der Waals surface area (Å²) in [5.74, 6) is 0. The Kier molecular flexibility index (Phi) is 4.95. The standard InChI is InChI=1S/C15H25N5/c1-5-13-9-15(20(4)18-13)14(16-6-2)8-7-12-10-17-19(3)11-12/h9-11,14,16H,5-8H2,1-4H3. The van der Waals surface area contributed by atoms with Crippen LogP contribution in [0.4, 0.5) is 0 Å². The van der Waals surface area contributed by atoms with Crippen molar-refractivity contribution in [2.75, 3.05) is 6.54 Å². The van der Waals surface area contributed by atoms with Crippen LogP contribution in [0.15, 0.2) is 18.5 Å². The highest BCUT2D eigenvalue weighted by Crippen LogP contribution is 2.20. The van der Waals surface area contributed by atoms with Crippen LogP contribution < -0.4 is 5.32 Å². The smallest absolute Gasteiger partial charge is 0.0625 e. The van der Waals surface area contributed by atoms with Crippen molar-refractivity contribution in [1.29, 1.82) is 0 Å². The summed E-state index contributed by atoms with van der Waals surface area (Å²) in [6.45, 7) is 5.25. The first-order chi connectivity index (χ1) is 9.63. The van der Waals surface area contributed by atoms with Crippen LogP contribution in [0.3, 0.4) is 0 Å². The monoisotopic (exact) mass is 275 g/mol. The lowest BCUT2D eigenvalue weighted by Crippen LogP contribution is -2.23. The van der Waals surface area contributed by atoms with Crippen LogP contribution in [0, 0.1) is 0 Å². The van der Waals surface area contributed by atoms with Gasteiger partial charge in [0.15, 0.2) is 0 Å². The number of hydrogen-bond donors (Lipinski definition) is 1. The van der Waals surface area contributed by atoms with E-state index in [1.807, 2.05) is 29.7 Å².